The third-order valence-electron chi connectivity index (χ3n) is 4.90. The highest BCUT2D eigenvalue weighted by molar-refractivity contribution is 8.00. The lowest BCUT2D eigenvalue weighted by Gasteiger charge is -2.18. The Balaban J connectivity index is 1.81. The van der Waals surface area contributed by atoms with E-state index in [9.17, 15) is 19.7 Å². The molecule has 0 radical (unpaired) electrons. The summed E-state index contributed by atoms with van der Waals surface area (Å²) in [7, 11) is 0. The first-order valence-corrected chi connectivity index (χ1v) is 11.4. The fraction of sp³-hybridized carbons (Fsp3) is 0.200. The second-order valence-corrected chi connectivity index (χ2v) is 8.66. The number of hydrogen-bond donors (Lipinski definition) is 2. The van der Waals surface area contributed by atoms with Crippen LogP contribution in [0.15, 0.2) is 77.7 Å². The molecular weight excluding hydrogens is 438 g/mol. The van der Waals surface area contributed by atoms with Crippen LogP contribution in [0.25, 0.3) is 0 Å². The molecule has 0 fully saturated rings. The summed E-state index contributed by atoms with van der Waals surface area (Å²) in [5.41, 5.74) is 2.57. The first-order valence-electron chi connectivity index (χ1n) is 10.5. The van der Waals surface area contributed by atoms with Crippen LogP contribution in [-0.2, 0) is 9.59 Å². The number of benzene rings is 3. The largest absolute Gasteiger partial charge is 0.326 e. The molecule has 1 unspecified atom stereocenters. The van der Waals surface area contributed by atoms with Gasteiger partial charge >= 0.3 is 0 Å². The topological polar surface area (TPSA) is 101 Å². The zero-order valence-corrected chi connectivity index (χ0v) is 19.2. The summed E-state index contributed by atoms with van der Waals surface area (Å²) in [4.78, 5) is 36.6. The molecule has 2 amide bonds. The number of rotatable bonds is 9. The van der Waals surface area contributed by atoms with Crippen LogP contribution in [0.1, 0.15) is 36.1 Å². The predicted octanol–water partition coefficient (Wildman–Crippen LogP) is 6.11. The van der Waals surface area contributed by atoms with E-state index in [0.717, 1.165) is 22.4 Å². The molecule has 3 aromatic rings. The summed E-state index contributed by atoms with van der Waals surface area (Å²) in [5, 5.41) is 16.3. The molecule has 1 atom stereocenters. The summed E-state index contributed by atoms with van der Waals surface area (Å²) in [5.74, 6) is -0.318. The van der Waals surface area contributed by atoms with Gasteiger partial charge in [0.1, 0.15) is 5.25 Å². The quantitative estimate of drug-likeness (QED) is 0.226. The van der Waals surface area contributed by atoms with E-state index in [0.29, 0.717) is 17.8 Å². The molecule has 0 heterocycles. The van der Waals surface area contributed by atoms with E-state index in [2.05, 4.69) is 10.6 Å². The fourth-order valence-electron chi connectivity index (χ4n) is 3.16. The molecule has 7 nitrogen and oxygen atoms in total. The number of anilines is 2. The number of carbonyl (C=O) groups is 2. The van der Waals surface area contributed by atoms with Gasteiger partial charge in [0.05, 0.1) is 10.6 Å². The Morgan fingerprint density at radius 3 is 2.33 bits per heavy atom. The van der Waals surface area contributed by atoms with Crippen LogP contribution in [0.4, 0.5) is 17.1 Å². The highest BCUT2D eigenvalue weighted by Gasteiger charge is 2.23. The van der Waals surface area contributed by atoms with Gasteiger partial charge in [-0.05, 0) is 48.7 Å². The smallest absolute Gasteiger partial charge is 0.271 e. The zero-order valence-electron chi connectivity index (χ0n) is 18.4. The SMILES string of the molecule is CCCC(=O)Nc1ccc(SC(C(=O)Nc2cc([N+](=O)[O-])ccc2C)c2ccccc2)cc1. The van der Waals surface area contributed by atoms with Gasteiger partial charge in [-0.15, -0.1) is 11.8 Å². The summed E-state index contributed by atoms with van der Waals surface area (Å²) in [6.45, 7) is 3.73. The van der Waals surface area contributed by atoms with Gasteiger partial charge < -0.3 is 10.6 Å². The lowest BCUT2D eigenvalue weighted by molar-refractivity contribution is -0.384. The van der Waals surface area contributed by atoms with E-state index < -0.39 is 10.2 Å². The Labute approximate surface area is 196 Å². The van der Waals surface area contributed by atoms with Crippen molar-refractivity contribution in [2.75, 3.05) is 10.6 Å². The molecular formula is C25H25N3O4S. The monoisotopic (exact) mass is 463 g/mol. The van der Waals surface area contributed by atoms with Gasteiger partial charge in [-0.1, -0.05) is 43.3 Å². The predicted molar refractivity (Wildman–Crippen MR) is 131 cm³/mol. The summed E-state index contributed by atoms with van der Waals surface area (Å²) >= 11 is 1.36. The van der Waals surface area contributed by atoms with Gasteiger partial charge in [0.2, 0.25) is 11.8 Å². The Morgan fingerprint density at radius 1 is 1.00 bits per heavy atom. The van der Waals surface area contributed by atoms with E-state index in [1.54, 1.807) is 25.1 Å². The molecule has 0 aliphatic rings. The normalized spacial score (nSPS) is 11.5. The lowest BCUT2D eigenvalue weighted by Crippen LogP contribution is -2.19. The van der Waals surface area contributed by atoms with Crippen LogP contribution in [0.2, 0.25) is 0 Å². The molecule has 2 N–H and O–H groups in total. The van der Waals surface area contributed by atoms with E-state index in [4.69, 9.17) is 0 Å². The minimum atomic E-state index is -0.578. The van der Waals surface area contributed by atoms with E-state index in [1.807, 2.05) is 49.4 Å². The van der Waals surface area contributed by atoms with E-state index in [-0.39, 0.29) is 17.5 Å². The molecule has 0 saturated heterocycles. The van der Waals surface area contributed by atoms with Crippen LogP contribution in [-0.4, -0.2) is 16.7 Å². The average Bonchev–Trinajstić information content (AvgIpc) is 2.80. The molecule has 0 saturated carbocycles. The van der Waals surface area contributed by atoms with Crippen molar-refractivity contribution in [1.29, 1.82) is 0 Å². The number of aryl methyl sites for hydroxylation is 1. The molecule has 0 spiro atoms. The van der Waals surface area contributed by atoms with Gasteiger partial charge in [0.15, 0.2) is 0 Å². The molecule has 170 valence electrons. The van der Waals surface area contributed by atoms with Crippen molar-refractivity contribution in [2.24, 2.45) is 0 Å². The molecule has 3 rings (SSSR count). The number of amides is 2. The molecule has 0 aromatic heterocycles. The Hall–Kier alpha value is -3.65. The maximum absolute atomic E-state index is 13.3. The Kier molecular flexibility index (Phi) is 8.21. The maximum atomic E-state index is 13.3. The van der Waals surface area contributed by atoms with E-state index in [1.165, 1.54) is 23.9 Å². The molecule has 0 aliphatic heterocycles. The number of nitrogens with zero attached hydrogens (tertiary/aromatic N) is 1. The molecule has 33 heavy (non-hydrogen) atoms. The summed E-state index contributed by atoms with van der Waals surface area (Å²) in [6.07, 6.45) is 1.24. The number of nitro groups is 1. The van der Waals surface area contributed by atoms with Gasteiger partial charge in [-0.3, -0.25) is 19.7 Å². The molecule has 0 bridgehead atoms. The van der Waals surface area contributed by atoms with Crippen LogP contribution in [0.3, 0.4) is 0 Å². The molecule has 0 aliphatic carbocycles. The van der Waals surface area contributed by atoms with Crippen LogP contribution >= 0.6 is 11.8 Å². The van der Waals surface area contributed by atoms with Gasteiger partial charge in [0.25, 0.3) is 5.69 Å². The van der Waals surface area contributed by atoms with Gasteiger partial charge in [-0.25, -0.2) is 0 Å². The second kappa shape index (κ2) is 11.3. The highest BCUT2D eigenvalue weighted by Crippen LogP contribution is 2.37. The van der Waals surface area contributed by atoms with Gasteiger partial charge in [0, 0.05) is 29.1 Å². The fourth-order valence-corrected chi connectivity index (χ4v) is 4.19. The maximum Gasteiger partial charge on any atom is 0.271 e. The van der Waals surface area contributed by atoms with Crippen LogP contribution < -0.4 is 10.6 Å². The first kappa shape index (κ1) is 24.0. The Morgan fingerprint density at radius 2 is 1.70 bits per heavy atom. The Bertz CT molecular complexity index is 1130. The van der Waals surface area contributed by atoms with Crippen molar-refractivity contribution >= 4 is 40.6 Å². The van der Waals surface area contributed by atoms with Crippen molar-refractivity contribution in [2.45, 2.75) is 36.8 Å². The number of thioether (sulfide) groups is 1. The van der Waals surface area contributed by atoms with E-state index >= 15 is 0 Å². The number of nitro benzene ring substituents is 1. The third-order valence-corrected chi connectivity index (χ3v) is 6.17. The van der Waals surface area contributed by atoms with Gasteiger partial charge in [-0.2, -0.15) is 0 Å². The van der Waals surface area contributed by atoms with Crippen LogP contribution in [0, 0.1) is 17.0 Å². The number of carbonyl (C=O) groups excluding carboxylic acids is 2. The minimum Gasteiger partial charge on any atom is -0.326 e. The second-order valence-electron chi connectivity index (χ2n) is 7.48. The van der Waals surface area contributed by atoms with Crippen molar-refractivity contribution in [1.82, 2.24) is 0 Å². The highest BCUT2D eigenvalue weighted by atomic mass is 32.2. The standard InChI is InChI=1S/C25H25N3O4S/c1-3-7-23(29)26-19-11-14-21(15-12-19)33-24(18-8-5-4-6-9-18)25(30)27-22-16-20(28(31)32)13-10-17(22)2/h4-6,8-16,24H,3,7H2,1-2H3,(H,26,29)(H,27,30). The number of non-ortho nitro benzene ring substituents is 1. The van der Waals surface area contributed by atoms with Crippen molar-refractivity contribution < 1.29 is 14.5 Å². The third kappa shape index (κ3) is 6.66. The lowest BCUT2D eigenvalue weighted by atomic mass is 10.1. The number of hydrogen-bond acceptors (Lipinski definition) is 5. The van der Waals surface area contributed by atoms with Crippen LogP contribution in [0.5, 0.6) is 0 Å². The summed E-state index contributed by atoms with van der Waals surface area (Å²) < 4.78 is 0. The minimum absolute atomic E-state index is 0.0354. The molecule has 3 aromatic carbocycles. The average molecular weight is 464 g/mol. The summed E-state index contributed by atoms with van der Waals surface area (Å²) in [6, 6.07) is 21.1. The zero-order chi connectivity index (χ0) is 23.8. The van der Waals surface area contributed by atoms with Crippen molar-refractivity contribution in [3.05, 3.63) is 94.0 Å². The first-order chi connectivity index (χ1) is 15.9. The molecule has 8 heteroatoms. The number of nitrogens with one attached hydrogen (secondary N) is 2. The van der Waals surface area contributed by atoms with Crippen molar-refractivity contribution in [3.8, 4) is 0 Å². The van der Waals surface area contributed by atoms with Crippen molar-refractivity contribution in [3.63, 3.8) is 0 Å².